The van der Waals surface area contributed by atoms with Crippen molar-refractivity contribution in [3.63, 3.8) is 0 Å². The van der Waals surface area contributed by atoms with Gasteiger partial charge in [-0.2, -0.15) is 0 Å². The highest BCUT2D eigenvalue weighted by Gasteiger charge is 2.12. The van der Waals surface area contributed by atoms with Crippen molar-refractivity contribution in [1.29, 1.82) is 0 Å². The fraction of sp³-hybridized carbons (Fsp3) is 0.636. The number of nitrogens with one attached hydrogen (secondary N) is 2. The van der Waals surface area contributed by atoms with Gasteiger partial charge in [-0.05, 0) is 20.3 Å². The van der Waals surface area contributed by atoms with Gasteiger partial charge >= 0.3 is 12.0 Å². The van der Waals surface area contributed by atoms with Gasteiger partial charge in [-0.15, -0.1) is 0 Å². The number of carboxylic acids is 1. The maximum absolute atomic E-state index is 11.3. The Hall–Kier alpha value is -1.52. The van der Waals surface area contributed by atoms with Crippen molar-refractivity contribution in [2.75, 3.05) is 6.54 Å². The fourth-order valence-electron chi connectivity index (χ4n) is 1.09. The summed E-state index contributed by atoms with van der Waals surface area (Å²) in [6, 6.07) is -0.644. The summed E-state index contributed by atoms with van der Waals surface area (Å²) >= 11 is 0. The fourth-order valence-corrected chi connectivity index (χ4v) is 1.09. The number of hydrogen-bond acceptors (Lipinski definition) is 2. The minimum Gasteiger partial charge on any atom is -0.481 e. The summed E-state index contributed by atoms with van der Waals surface area (Å²) in [4.78, 5) is 21.8. The molecule has 0 rings (SSSR count). The summed E-state index contributed by atoms with van der Waals surface area (Å²) in [6.07, 6.45) is 2.44. The zero-order valence-electron chi connectivity index (χ0n) is 10.0. The normalized spacial score (nSPS) is 11.4. The number of amides is 2. The average molecular weight is 228 g/mol. The lowest BCUT2D eigenvalue weighted by Gasteiger charge is -2.14. The Balaban J connectivity index is 3.92. The van der Waals surface area contributed by atoms with Crippen molar-refractivity contribution >= 4 is 12.0 Å². The van der Waals surface area contributed by atoms with E-state index in [1.54, 1.807) is 0 Å². The molecule has 0 aromatic rings. The Kier molecular flexibility index (Phi) is 7.00. The third-order valence-corrected chi connectivity index (χ3v) is 2.02. The molecule has 3 N–H and O–H groups in total. The van der Waals surface area contributed by atoms with Crippen LogP contribution in [0.25, 0.3) is 0 Å². The highest BCUT2D eigenvalue weighted by molar-refractivity contribution is 5.75. The van der Waals surface area contributed by atoms with Crippen LogP contribution in [0.4, 0.5) is 4.79 Å². The Labute approximate surface area is 95.9 Å². The van der Waals surface area contributed by atoms with Crippen LogP contribution >= 0.6 is 0 Å². The molecule has 0 aliphatic rings. The number of rotatable bonds is 6. The summed E-state index contributed by atoms with van der Waals surface area (Å²) < 4.78 is 0. The van der Waals surface area contributed by atoms with E-state index in [0.717, 1.165) is 5.57 Å². The molecule has 0 heterocycles. The van der Waals surface area contributed by atoms with Crippen molar-refractivity contribution in [3.05, 3.63) is 11.6 Å². The van der Waals surface area contributed by atoms with E-state index in [2.05, 4.69) is 10.6 Å². The van der Waals surface area contributed by atoms with E-state index < -0.39 is 5.97 Å². The van der Waals surface area contributed by atoms with E-state index in [-0.39, 0.29) is 18.5 Å². The third kappa shape index (κ3) is 7.84. The zero-order valence-corrected chi connectivity index (χ0v) is 10.0. The van der Waals surface area contributed by atoms with Gasteiger partial charge in [0.25, 0.3) is 0 Å². The molecule has 0 aliphatic heterocycles. The molecule has 5 nitrogen and oxygen atoms in total. The molecule has 0 fully saturated rings. The number of aliphatic carboxylic acids is 1. The zero-order chi connectivity index (χ0) is 12.6. The maximum Gasteiger partial charge on any atom is 0.315 e. The van der Waals surface area contributed by atoms with Crippen molar-refractivity contribution in [2.24, 2.45) is 0 Å². The van der Waals surface area contributed by atoms with Gasteiger partial charge in [0.05, 0.1) is 6.42 Å². The highest BCUT2D eigenvalue weighted by atomic mass is 16.4. The van der Waals surface area contributed by atoms with Gasteiger partial charge < -0.3 is 15.7 Å². The molecule has 5 heteroatoms. The van der Waals surface area contributed by atoms with Gasteiger partial charge in [-0.1, -0.05) is 18.6 Å². The minimum atomic E-state index is -0.906. The number of carboxylic acid groups (broad SMARTS) is 1. The molecule has 0 aromatic heterocycles. The number of hydrogen-bond donors (Lipinski definition) is 3. The van der Waals surface area contributed by atoms with E-state index in [4.69, 9.17) is 5.11 Å². The monoisotopic (exact) mass is 228 g/mol. The van der Waals surface area contributed by atoms with Crippen LogP contribution in [-0.4, -0.2) is 29.7 Å². The van der Waals surface area contributed by atoms with Crippen LogP contribution in [0, 0.1) is 0 Å². The Morgan fingerprint density at radius 2 is 2.00 bits per heavy atom. The molecule has 0 bridgehead atoms. The Morgan fingerprint density at radius 3 is 2.44 bits per heavy atom. The SMILES string of the molecule is CCC(CC(=O)O)NC(=O)NCC=C(C)C. The summed E-state index contributed by atoms with van der Waals surface area (Å²) in [5.41, 5.74) is 1.12. The summed E-state index contributed by atoms with van der Waals surface area (Å²) in [7, 11) is 0. The number of allylic oxidation sites excluding steroid dienone is 1. The topological polar surface area (TPSA) is 78.4 Å². The first-order valence-corrected chi connectivity index (χ1v) is 5.35. The maximum atomic E-state index is 11.3. The second kappa shape index (κ2) is 7.73. The van der Waals surface area contributed by atoms with Crippen LogP contribution in [0.1, 0.15) is 33.6 Å². The molecule has 92 valence electrons. The number of carbonyl (C=O) groups is 2. The lowest BCUT2D eigenvalue weighted by Crippen LogP contribution is -2.42. The molecule has 16 heavy (non-hydrogen) atoms. The third-order valence-electron chi connectivity index (χ3n) is 2.02. The van der Waals surface area contributed by atoms with Crippen LogP contribution in [0.15, 0.2) is 11.6 Å². The predicted molar refractivity (Wildman–Crippen MR) is 62.3 cm³/mol. The largest absolute Gasteiger partial charge is 0.481 e. The molecule has 0 radical (unpaired) electrons. The lowest BCUT2D eigenvalue weighted by molar-refractivity contribution is -0.137. The van der Waals surface area contributed by atoms with Gasteiger partial charge in [0.1, 0.15) is 0 Å². The Bertz CT molecular complexity index is 270. The second-order valence-electron chi connectivity index (χ2n) is 3.84. The molecule has 0 aliphatic carbocycles. The van der Waals surface area contributed by atoms with Crippen molar-refractivity contribution in [1.82, 2.24) is 10.6 Å². The van der Waals surface area contributed by atoms with Crippen LogP contribution in [0.5, 0.6) is 0 Å². The van der Waals surface area contributed by atoms with Gasteiger partial charge in [0, 0.05) is 12.6 Å². The molecule has 0 aromatic carbocycles. The van der Waals surface area contributed by atoms with E-state index >= 15 is 0 Å². The summed E-state index contributed by atoms with van der Waals surface area (Å²) in [5, 5.41) is 13.8. The van der Waals surface area contributed by atoms with E-state index in [1.807, 2.05) is 26.8 Å². The van der Waals surface area contributed by atoms with Crippen LogP contribution in [0.2, 0.25) is 0 Å². The van der Waals surface area contributed by atoms with E-state index in [0.29, 0.717) is 13.0 Å². The smallest absolute Gasteiger partial charge is 0.315 e. The van der Waals surface area contributed by atoms with Crippen molar-refractivity contribution < 1.29 is 14.7 Å². The van der Waals surface area contributed by atoms with E-state index in [9.17, 15) is 9.59 Å². The molecule has 0 saturated heterocycles. The average Bonchev–Trinajstić information content (AvgIpc) is 2.15. The molecule has 0 spiro atoms. The van der Waals surface area contributed by atoms with E-state index in [1.165, 1.54) is 0 Å². The van der Waals surface area contributed by atoms with Gasteiger partial charge in [0.15, 0.2) is 0 Å². The standard InChI is InChI=1S/C11H20N2O3/c1-4-9(7-10(14)15)13-11(16)12-6-5-8(2)3/h5,9H,4,6-7H2,1-3H3,(H,14,15)(H2,12,13,16). The van der Waals surface area contributed by atoms with Gasteiger partial charge in [0.2, 0.25) is 0 Å². The molecular weight excluding hydrogens is 208 g/mol. The number of urea groups is 1. The highest BCUT2D eigenvalue weighted by Crippen LogP contribution is 1.97. The molecule has 2 amide bonds. The Morgan fingerprint density at radius 1 is 1.38 bits per heavy atom. The van der Waals surface area contributed by atoms with Crippen LogP contribution < -0.4 is 10.6 Å². The lowest BCUT2D eigenvalue weighted by atomic mass is 10.1. The van der Waals surface area contributed by atoms with Crippen molar-refractivity contribution in [2.45, 2.75) is 39.7 Å². The molecule has 0 saturated carbocycles. The van der Waals surface area contributed by atoms with Crippen molar-refractivity contribution in [3.8, 4) is 0 Å². The first-order valence-electron chi connectivity index (χ1n) is 5.35. The molecular formula is C11H20N2O3. The predicted octanol–water partition coefficient (Wildman–Crippen LogP) is 1.51. The minimum absolute atomic E-state index is 0.0490. The van der Waals surface area contributed by atoms with Gasteiger partial charge in [-0.25, -0.2) is 4.79 Å². The first kappa shape index (κ1) is 14.5. The summed E-state index contributed by atoms with van der Waals surface area (Å²) in [6.45, 7) is 6.18. The number of carbonyl (C=O) groups excluding carboxylic acids is 1. The quantitative estimate of drug-likeness (QED) is 0.603. The molecule has 1 atom stereocenters. The second-order valence-corrected chi connectivity index (χ2v) is 3.84. The first-order chi connectivity index (χ1) is 7.45. The van der Waals surface area contributed by atoms with Crippen LogP contribution in [-0.2, 0) is 4.79 Å². The van der Waals surface area contributed by atoms with Gasteiger partial charge in [-0.3, -0.25) is 4.79 Å². The molecule has 1 unspecified atom stereocenters. The summed E-state index contributed by atoms with van der Waals surface area (Å²) in [5.74, 6) is -0.906. The van der Waals surface area contributed by atoms with Crippen LogP contribution in [0.3, 0.4) is 0 Å².